The molecule has 0 saturated carbocycles. The van der Waals surface area contributed by atoms with Crippen molar-refractivity contribution in [1.29, 1.82) is 0 Å². The van der Waals surface area contributed by atoms with Crippen LogP contribution in [0, 0.1) is 6.92 Å². The number of aromatic amines is 1. The van der Waals surface area contributed by atoms with Crippen molar-refractivity contribution in [1.82, 2.24) is 30.4 Å². The van der Waals surface area contributed by atoms with Crippen molar-refractivity contribution in [2.24, 2.45) is 4.99 Å². The highest BCUT2D eigenvalue weighted by molar-refractivity contribution is 14.0. The van der Waals surface area contributed by atoms with Gasteiger partial charge in [0.2, 0.25) is 0 Å². The van der Waals surface area contributed by atoms with Gasteiger partial charge in [0, 0.05) is 55.6 Å². The fraction of sp³-hybridized carbons (Fsp3) is 0.542. The van der Waals surface area contributed by atoms with Gasteiger partial charge in [-0.05, 0) is 51.2 Å². The largest absolute Gasteiger partial charge is 0.358 e. The number of aromatic nitrogens is 4. The highest BCUT2D eigenvalue weighted by Crippen LogP contribution is 2.22. The summed E-state index contributed by atoms with van der Waals surface area (Å²) in [5.41, 5.74) is 3.84. The Morgan fingerprint density at radius 2 is 2.00 bits per heavy atom. The molecule has 3 aromatic rings. The van der Waals surface area contributed by atoms with Crippen LogP contribution in [0.15, 0.2) is 29.3 Å². The molecule has 3 N–H and O–H groups in total. The Morgan fingerprint density at radius 1 is 1.12 bits per heavy atom. The van der Waals surface area contributed by atoms with Crippen molar-refractivity contribution in [3.05, 3.63) is 47.2 Å². The van der Waals surface area contributed by atoms with E-state index in [1.165, 1.54) is 47.2 Å². The van der Waals surface area contributed by atoms with Gasteiger partial charge in [-0.15, -0.1) is 34.2 Å². The van der Waals surface area contributed by atoms with Crippen molar-refractivity contribution < 1.29 is 0 Å². The summed E-state index contributed by atoms with van der Waals surface area (Å²) in [5.74, 6) is 3.18. The maximum atomic E-state index is 4.78. The second-order valence-electron chi connectivity index (χ2n) is 8.31. The highest BCUT2D eigenvalue weighted by atomic mass is 127. The molecule has 7 nitrogen and oxygen atoms in total. The number of halogens is 1. The number of nitrogens with one attached hydrogen (secondary N) is 3. The van der Waals surface area contributed by atoms with Crippen LogP contribution in [0.3, 0.4) is 0 Å². The van der Waals surface area contributed by atoms with Gasteiger partial charge in [-0.2, -0.15) is 0 Å². The van der Waals surface area contributed by atoms with Crippen molar-refractivity contribution in [2.75, 3.05) is 19.6 Å². The van der Waals surface area contributed by atoms with Crippen LogP contribution in [0.25, 0.3) is 10.9 Å². The van der Waals surface area contributed by atoms with E-state index < -0.39 is 0 Å². The fourth-order valence-electron chi connectivity index (χ4n) is 4.46. The minimum Gasteiger partial charge on any atom is -0.358 e. The molecule has 0 saturated heterocycles. The third-order valence-corrected chi connectivity index (χ3v) is 6.05. The lowest BCUT2D eigenvalue weighted by Gasteiger charge is -2.11. The summed E-state index contributed by atoms with van der Waals surface area (Å²) < 4.78 is 2.34. The van der Waals surface area contributed by atoms with Crippen molar-refractivity contribution in [3.8, 4) is 0 Å². The van der Waals surface area contributed by atoms with Gasteiger partial charge in [0.05, 0.1) is 0 Å². The topological polar surface area (TPSA) is 82.9 Å². The van der Waals surface area contributed by atoms with Gasteiger partial charge in [-0.3, -0.25) is 4.99 Å². The zero-order chi connectivity index (χ0) is 21.5. The molecule has 3 heterocycles. The number of para-hydroxylation sites is 1. The van der Waals surface area contributed by atoms with Crippen LogP contribution in [-0.4, -0.2) is 45.3 Å². The first kappa shape index (κ1) is 24.5. The molecule has 0 bridgehead atoms. The summed E-state index contributed by atoms with van der Waals surface area (Å²) in [6.45, 7) is 7.82. The number of guanidine groups is 1. The highest BCUT2D eigenvalue weighted by Gasteiger charge is 2.14. The number of aryl methyl sites for hydroxylation is 3. The van der Waals surface area contributed by atoms with Gasteiger partial charge < -0.3 is 20.2 Å². The van der Waals surface area contributed by atoms with Gasteiger partial charge in [0.15, 0.2) is 5.96 Å². The van der Waals surface area contributed by atoms with Crippen LogP contribution < -0.4 is 10.6 Å². The van der Waals surface area contributed by atoms with Crippen LogP contribution >= 0.6 is 24.0 Å². The molecule has 8 heteroatoms. The summed E-state index contributed by atoms with van der Waals surface area (Å²) in [4.78, 5) is 8.26. The number of hydrogen-bond acceptors (Lipinski definition) is 3. The number of rotatable bonds is 8. The third kappa shape index (κ3) is 6.02. The van der Waals surface area contributed by atoms with Crippen molar-refractivity contribution in [2.45, 2.75) is 65.3 Å². The Kier molecular flexibility index (Phi) is 9.37. The quantitative estimate of drug-likeness (QED) is 0.171. The number of H-pyrrole nitrogens is 1. The molecule has 1 aliphatic rings. The van der Waals surface area contributed by atoms with E-state index in [2.05, 4.69) is 68.5 Å². The molecule has 1 aliphatic heterocycles. The number of nitrogens with zero attached hydrogens (tertiary/aromatic N) is 4. The zero-order valence-electron chi connectivity index (χ0n) is 19.3. The molecule has 4 rings (SSSR count). The standard InChI is InChI=1S/C24H35N7.HI/c1-3-25-24(27-16-14-19-18(2)28-21-11-7-6-10-20(19)21)26-15-9-13-23-30-29-22-12-5-4-8-17-31(22)23;/h6-7,10-11,28H,3-5,8-9,12-17H2,1-2H3,(H2,25,26,27);1H. The van der Waals surface area contributed by atoms with Gasteiger partial charge >= 0.3 is 0 Å². The third-order valence-electron chi connectivity index (χ3n) is 6.05. The monoisotopic (exact) mass is 549 g/mol. The second kappa shape index (κ2) is 12.2. The lowest BCUT2D eigenvalue weighted by atomic mass is 10.1. The molecule has 0 unspecified atom stereocenters. The minimum absolute atomic E-state index is 0. The average molecular weight is 550 g/mol. The van der Waals surface area contributed by atoms with Crippen LogP contribution in [0.1, 0.15) is 55.5 Å². The van der Waals surface area contributed by atoms with Crippen LogP contribution in [0.4, 0.5) is 0 Å². The maximum absolute atomic E-state index is 4.78. The summed E-state index contributed by atoms with van der Waals surface area (Å²) in [6.07, 6.45) is 7.71. The van der Waals surface area contributed by atoms with E-state index in [1.54, 1.807) is 0 Å². The molecule has 0 atom stereocenters. The van der Waals surface area contributed by atoms with Gasteiger partial charge in [0.25, 0.3) is 0 Å². The van der Waals surface area contributed by atoms with Crippen LogP contribution in [-0.2, 0) is 25.8 Å². The number of benzene rings is 1. The van der Waals surface area contributed by atoms with Crippen LogP contribution in [0.2, 0.25) is 0 Å². The number of hydrogen-bond donors (Lipinski definition) is 3. The predicted molar refractivity (Wildman–Crippen MR) is 142 cm³/mol. The van der Waals surface area contributed by atoms with Crippen molar-refractivity contribution >= 4 is 40.8 Å². The molecule has 2 aromatic heterocycles. The molecule has 0 aliphatic carbocycles. The SMILES string of the molecule is CCNC(=NCCCc1nnc2n1CCCCC2)NCCc1c(C)[nH]c2ccccc12.I. The van der Waals surface area contributed by atoms with Crippen LogP contribution in [0.5, 0.6) is 0 Å². The van der Waals surface area contributed by atoms with E-state index in [-0.39, 0.29) is 24.0 Å². The Morgan fingerprint density at radius 3 is 2.88 bits per heavy atom. The van der Waals surface area contributed by atoms with Gasteiger partial charge in [-0.1, -0.05) is 24.6 Å². The van der Waals surface area contributed by atoms with E-state index in [0.717, 1.165) is 63.6 Å². The van der Waals surface area contributed by atoms with E-state index in [4.69, 9.17) is 4.99 Å². The molecular weight excluding hydrogens is 513 g/mol. The second-order valence-corrected chi connectivity index (χ2v) is 8.31. The Bertz CT molecular complexity index is 1020. The number of fused-ring (bicyclic) bond motifs is 2. The van der Waals surface area contributed by atoms with Crippen molar-refractivity contribution in [3.63, 3.8) is 0 Å². The lowest BCUT2D eigenvalue weighted by molar-refractivity contribution is 0.597. The molecule has 0 amide bonds. The Labute approximate surface area is 207 Å². The molecule has 0 spiro atoms. The normalized spacial score (nSPS) is 14.0. The number of aliphatic imine (C=N–C) groups is 1. The first-order chi connectivity index (χ1) is 15.3. The molecular formula is C24H36IN7. The molecule has 0 radical (unpaired) electrons. The van der Waals surface area contributed by atoms with E-state index in [0.29, 0.717) is 0 Å². The molecule has 174 valence electrons. The summed E-state index contributed by atoms with van der Waals surface area (Å²) in [5, 5.41) is 17.0. The predicted octanol–water partition coefficient (Wildman–Crippen LogP) is 4.14. The van der Waals surface area contributed by atoms with Gasteiger partial charge in [-0.25, -0.2) is 0 Å². The first-order valence-electron chi connectivity index (χ1n) is 11.8. The summed E-state index contributed by atoms with van der Waals surface area (Å²) in [7, 11) is 0. The smallest absolute Gasteiger partial charge is 0.191 e. The Balaban J connectivity index is 0.00000289. The first-order valence-corrected chi connectivity index (χ1v) is 11.8. The Hall–Kier alpha value is -2.10. The van der Waals surface area contributed by atoms with Gasteiger partial charge in [0.1, 0.15) is 11.6 Å². The van der Waals surface area contributed by atoms with E-state index in [1.807, 2.05) is 0 Å². The fourth-order valence-corrected chi connectivity index (χ4v) is 4.46. The molecule has 32 heavy (non-hydrogen) atoms. The molecule has 0 fully saturated rings. The van der Waals surface area contributed by atoms with E-state index >= 15 is 0 Å². The minimum atomic E-state index is 0. The summed E-state index contributed by atoms with van der Waals surface area (Å²) in [6, 6.07) is 8.51. The average Bonchev–Trinajstić information content (AvgIpc) is 3.21. The lowest BCUT2D eigenvalue weighted by Crippen LogP contribution is -2.38. The molecule has 1 aromatic carbocycles. The van der Waals surface area contributed by atoms with E-state index in [9.17, 15) is 0 Å². The zero-order valence-corrected chi connectivity index (χ0v) is 21.6. The summed E-state index contributed by atoms with van der Waals surface area (Å²) >= 11 is 0. The maximum Gasteiger partial charge on any atom is 0.191 e.